The second-order valence-electron chi connectivity index (χ2n) is 5.30. The van der Waals surface area contributed by atoms with E-state index in [9.17, 15) is 10.2 Å². The molecule has 0 unspecified atom stereocenters. The summed E-state index contributed by atoms with van der Waals surface area (Å²) in [6.07, 6.45) is 2.47. The Hall–Kier alpha value is -2.36. The molecule has 0 bridgehead atoms. The first-order valence-electron chi connectivity index (χ1n) is 8.03. The molecule has 0 fully saturated rings. The zero-order valence-corrected chi connectivity index (χ0v) is 13.7. The van der Waals surface area contributed by atoms with Gasteiger partial charge in [0.15, 0.2) is 0 Å². The van der Waals surface area contributed by atoms with Crippen LogP contribution in [0.1, 0.15) is 31.4 Å². The van der Waals surface area contributed by atoms with Gasteiger partial charge < -0.3 is 19.7 Å². The third-order valence-corrected chi connectivity index (χ3v) is 3.61. The Balaban J connectivity index is 2.01. The summed E-state index contributed by atoms with van der Waals surface area (Å²) in [5, 5.41) is 19.1. The van der Waals surface area contributed by atoms with Crippen molar-refractivity contribution in [3.63, 3.8) is 0 Å². The van der Waals surface area contributed by atoms with E-state index < -0.39 is 0 Å². The Morgan fingerprint density at radius 2 is 1.52 bits per heavy atom. The maximum Gasteiger partial charge on any atom is 0.126 e. The molecular formula is C19H24O4. The number of benzene rings is 2. The molecule has 2 aromatic rings. The minimum atomic E-state index is 0.0800. The van der Waals surface area contributed by atoms with Crippen molar-refractivity contribution in [2.24, 2.45) is 0 Å². The van der Waals surface area contributed by atoms with E-state index in [0.717, 1.165) is 41.9 Å². The highest BCUT2D eigenvalue weighted by Gasteiger charge is 2.08. The van der Waals surface area contributed by atoms with Crippen LogP contribution in [0.4, 0.5) is 0 Å². The summed E-state index contributed by atoms with van der Waals surface area (Å²) < 4.78 is 11.2. The zero-order valence-electron chi connectivity index (χ0n) is 13.7. The van der Waals surface area contributed by atoms with Crippen LogP contribution in [0.3, 0.4) is 0 Å². The van der Waals surface area contributed by atoms with E-state index in [-0.39, 0.29) is 11.5 Å². The van der Waals surface area contributed by atoms with Crippen LogP contribution in [0.15, 0.2) is 36.4 Å². The Morgan fingerprint density at radius 1 is 0.826 bits per heavy atom. The topological polar surface area (TPSA) is 58.9 Å². The van der Waals surface area contributed by atoms with Crippen LogP contribution < -0.4 is 9.47 Å². The van der Waals surface area contributed by atoms with Crippen LogP contribution in [-0.2, 0) is 12.8 Å². The summed E-state index contributed by atoms with van der Waals surface area (Å²) >= 11 is 0. The van der Waals surface area contributed by atoms with E-state index >= 15 is 0 Å². The van der Waals surface area contributed by atoms with E-state index in [1.165, 1.54) is 6.07 Å². The lowest BCUT2D eigenvalue weighted by Crippen LogP contribution is -2.00. The van der Waals surface area contributed by atoms with Gasteiger partial charge in [-0.25, -0.2) is 0 Å². The second kappa shape index (κ2) is 8.32. The van der Waals surface area contributed by atoms with Gasteiger partial charge in [0.25, 0.3) is 0 Å². The summed E-state index contributed by atoms with van der Waals surface area (Å²) in [5.41, 5.74) is 1.97. The first-order valence-corrected chi connectivity index (χ1v) is 8.03. The molecular weight excluding hydrogens is 292 g/mol. The minimum absolute atomic E-state index is 0.0800. The Kier molecular flexibility index (Phi) is 6.15. The molecule has 0 saturated carbocycles. The van der Waals surface area contributed by atoms with Crippen molar-refractivity contribution in [1.29, 1.82) is 0 Å². The van der Waals surface area contributed by atoms with Gasteiger partial charge in [-0.15, -0.1) is 0 Å². The highest BCUT2D eigenvalue weighted by atomic mass is 16.5. The number of aryl methyl sites for hydroxylation is 2. The zero-order chi connectivity index (χ0) is 16.7. The molecule has 0 aromatic heterocycles. The molecule has 0 aliphatic carbocycles. The predicted molar refractivity (Wildman–Crippen MR) is 90.6 cm³/mol. The molecule has 0 saturated heterocycles. The van der Waals surface area contributed by atoms with Gasteiger partial charge in [0.2, 0.25) is 0 Å². The molecule has 4 heteroatoms. The van der Waals surface area contributed by atoms with E-state index in [0.29, 0.717) is 13.2 Å². The number of aromatic hydroxyl groups is 2. The van der Waals surface area contributed by atoms with Gasteiger partial charge in [0.1, 0.15) is 23.0 Å². The largest absolute Gasteiger partial charge is 0.508 e. The number of phenolic OH excluding ortho intramolecular Hbond substituents is 2. The van der Waals surface area contributed by atoms with Crippen LogP contribution in [0.25, 0.3) is 0 Å². The second-order valence-corrected chi connectivity index (χ2v) is 5.30. The van der Waals surface area contributed by atoms with Crippen LogP contribution in [0, 0.1) is 0 Å². The fourth-order valence-electron chi connectivity index (χ4n) is 2.52. The molecule has 23 heavy (non-hydrogen) atoms. The summed E-state index contributed by atoms with van der Waals surface area (Å²) in [6, 6.07) is 10.6. The quantitative estimate of drug-likeness (QED) is 0.771. The maximum atomic E-state index is 9.82. The van der Waals surface area contributed by atoms with Crippen molar-refractivity contribution in [3.05, 3.63) is 47.5 Å². The van der Waals surface area contributed by atoms with Gasteiger partial charge in [-0.2, -0.15) is 0 Å². The SMILES string of the molecule is CCOc1ccc(CCCc2ccc(O)cc2O)c(OCC)c1. The Labute approximate surface area is 137 Å². The fraction of sp³-hybridized carbons (Fsp3) is 0.368. The van der Waals surface area contributed by atoms with E-state index in [1.807, 2.05) is 32.0 Å². The van der Waals surface area contributed by atoms with Gasteiger partial charge in [-0.1, -0.05) is 12.1 Å². The molecule has 4 nitrogen and oxygen atoms in total. The van der Waals surface area contributed by atoms with Gasteiger partial charge in [0.05, 0.1) is 13.2 Å². The Morgan fingerprint density at radius 3 is 2.22 bits per heavy atom. The first-order chi connectivity index (χ1) is 11.1. The molecule has 0 aliphatic heterocycles. The highest BCUT2D eigenvalue weighted by molar-refractivity contribution is 5.42. The van der Waals surface area contributed by atoms with E-state index in [2.05, 4.69) is 0 Å². The average Bonchev–Trinajstić information content (AvgIpc) is 2.52. The third-order valence-electron chi connectivity index (χ3n) is 3.61. The Bertz CT molecular complexity index is 637. The highest BCUT2D eigenvalue weighted by Crippen LogP contribution is 2.28. The smallest absolute Gasteiger partial charge is 0.126 e. The first kappa shape index (κ1) is 17.0. The molecule has 2 N–H and O–H groups in total. The van der Waals surface area contributed by atoms with Crippen LogP contribution in [0.2, 0.25) is 0 Å². The summed E-state index contributed by atoms with van der Waals surface area (Å²) in [5.74, 6) is 1.89. The minimum Gasteiger partial charge on any atom is -0.508 e. The van der Waals surface area contributed by atoms with Crippen molar-refractivity contribution in [2.75, 3.05) is 13.2 Å². The number of hydrogen-bond acceptors (Lipinski definition) is 4. The van der Waals surface area contributed by atoms with E-state index in [4.69, 9.17) is 9.47 Å². The van der Waals surface area contributed by atoms with Gasteiger partial charge in [0, 0.05) is 12.1 Å². The summed E-state index contributed by atoms with van der Waals surface area (Å²) in [4.78, 5) is 0. The molecule has 0 heterocycles. The normalized spacial score (nSPS) is 10.5. The third kappa shape index (κ3) is 4.81. The van der Waals surface area contributed by atoms with Crippen LogP contribution in [0.5, 0.6) is 23.0 Å². The number of ether oxygens (including phenoxy) is 2. The van der Waals surface area contributed by atoms with Gasteiger partial charge in [-0.3, -0.25) is 0 Å². The lowest BCUT2D eigenvalue weighted by Gasteiger charge is -2.13. The van der Waals surface area contributed by atoms with E-state index in [1.54, 1.807) is 12.1 Å². The van der Waals surface area contributed by atoms with Gasteiger partial charge in [-0.05, 0) is 56.4 Å². The van der Waals surface area contributed by atoms with Crippen molar-refractivity contribution in [1.82, 2.24) is 0 Å². The van der Waals surface area contributed by atoms with Crippen molar-refractivity contribution < 1.29 is 19.7 Å². The van der Waals surface area contributed by atoms with Crippen molar-refractivity contribution >= 4 is 0 Å². The molecule has 0 amide bonds. The monoisotopic (exact) mass is 316 g/mol. The number of phenols is 2. The molecule has 0 aliphatic rings. The molecule has 0 atom stereocenters. The van der Waals surface area contributed by atoms with Crippen molar-refractivity contribution in [2.45, 2.75) is 33.1 Å². The summed E-state index contributed by atoms with van der Waals surface area (Å²) in [6.45, 7) is 5.16. The lowest BCUT2D eigenvalue weighted by atomic mass is 10.0. The summed E-state index contributed by atoms with van der Waals surface area (Å²) in [7, 11) is 0. The maximum absolute atomic E-state index is 9.82. The predicted octanol–water partition coefficient (Wildman–Crippen LogP) is 4.07. The number of hydrogen-bond donors (Lipinski definition) is 2. The lowest BCUT2D eigenvalue weighted by molar-refractivity contribution is 0.320. The van der Waals surface area contributed by atoms with Gasteiger partial charge >= 0.3 is 0 Å². The molecule has 0 spiro atoms. The number of rotatable bonds is 8. The van der Waals surface area contributed by atoms with Crippen molar-refractivity contribution in [3.8, 4) is 23.0 Å². The molecule has 124 valence electrons. The average molecular weight is 316 g/mol. The molecule has 2 aromatic carbocycles. The standard InChI is InChI=1S/C19H24O4/c1-3-22-17-11-9-15(19(13-17)23-4-2)7-5-6-14-8-10-16(20)12-18(14)21/h8-13,20-21H,3-7H2,1-2H3. The van der Waals surface area contributed by atoms with Crippen LogP contribution in [-0.4, -0.2) is 23.4 Å². The molecule has 2 rings (SSSR count). The molecule has 0 radical (unpaired) electrons. The van der Waals surface area contributed by atoms with Crippen LogP contribution >= 0.6 is 0 Å². The fourth-order valence-corrected chi connectivity index (χ4v) is 2.52.